The molecular weight excluding hydrogens is 294 g/mol. The van der Waals surface area contributed by atoms with Gasteiger partial charge in [0.2, 0.25) is 5.84 Å². The average molecular weight is 309 g/mol. The van der Waals surface area contributed by atoms with Crippen LogP contribution in [0.4, 0.5) is 0 Å². The Kier molecular flexibility index (Phi) is 3.64. The molecule has 5 N–H and O–H groups in total. The van der Waals surface area contributed by atoms with Crippen molar-refractivity contribution in [3.63, 3.8) is 0 Å². The summed E-state index contributed by atoms with van der Waals surface area (Å²) in [5.74, 6) is 2.11. The molecule has 1 aromatic carbocycles. The molecule has 0 saturated heterocycles. The van der Waals surface area contributed by atoms with E-state index in [9.17, 15) is 0 Å². The molecule has 0 aliphatic heterocycles. The maximum atomic E-state index is 8.65. The number of rotatable bonds is 4. The first-order valence-electron chi connectivity index (χ1n) is 6.81. The molecule has 6 nitrogen and oxygen atoms in total. The number of hydrogen-bond donors (Lipinski definition) is 3. The fraction of sp³-hybridized carbons (Fsp3) is 0. The van der Waals surface area contributed by atoms with E-state index in [1.165, 1.54) is 0 Å². The van der Waals surface area contributed by atoms with E-state index in [0.29, 0.717) is 28.7 Å². The van der Waals surface area contributed by atoms with E-state index in [2.05, 4.69) is 11.7 Å². The van der Waals surface area contributed by atoms with Crippen LogP contribution in [0.3, 0.4) is 0 Å². The van der Waals surface area contributed by atoms with Gasteiger partial charge in [0.1, 0.15) is 17.3 Å². The van der Waals surface area contributed by atoms with E-state index >= 15 is 0 Å². The normalized spacial score (nSPS) is 11.6. The summed E-state index contributed by atoms with van der Waals surface area (Å²) in [5, 5.41) is 11.6. The van der Waals surface area contributed by atoms with Crippen molar-refractivity contribution in [3.8, 4) is 22.6 Å². The highest BCUT2D eigenvalue weighted by Crippen LogP contribution is 2.28. The minimum absolute atomic E-state index is 0.0713. The van der Waals surface area contributed by atoms with Crippen LogP contribution in [0.15, 0.2) is 69.1 Å². The van der Waals surface area contributed by atoms with Gasteiger partial charge in [-0.2, -0.15) is 0 Å². The quantitative estimate of drug-likeness (QED) is 0.296. The molecule has 0 radical (unpaired) electrons. The van der Waals surface area contributed by atoms with Gasteiger partial charge in [-0.15, -0.1) is 0 Å². The lowest BCUT2D eigenvalue weighted by atomic mass is 10.1. The third-order valence-corrected chi connectivity index (χ3v) is 3.34. The first-order chi connectivity index (χ1) is 11.1. The molecular formula is C17H15N3O3. The van der Waals surface area contributed by atoms with Gasteiger partial charge in [0.15, 0.2) is 5.76 Å². The van der Waals surface area contributed by atoms with Crippen LogP contribution in [-0.2, 0) is 0 Å². The molecule has 0 amide bonds. The van der Waals surface area contributed by atoms with Crippen LogP contribution in [0.1, 0.15) is 11.5 Å². The van der Waals surface area contributed by atoms with Gasteiger partial charge in [-0.25, -0.2) is 0 Å². The average Bonchev–Trinajstić information content (AvgIpc) is 3.24. The molecule has 2 heterocycles. The predicted octanol–water partition coefficient (Wildman–Crippen LogP) is 3.23. The highest BCUT2D eigenvalue weighted by molar-refractivity contribution is 5.94. The molecule has 2 aromatic heterocycles. The van der Waals surface area contributed by atoms with Gasteiger partial charge in [0.05, 0.1) is 5.70 Å². The zero-order valence-electron chi connectivity index (χ0n) is 12.2. The van der Waals surface area contributed by atoms with Crippen LogP contribution in [0.2, 0.25) is 0 Å². The molecule has 0 fully saturated rings. The molecule has 23 heavy (non-hydrogen) atoms. The molecule has 0 bridgehead atoms. The van der Waals surface area contributed by atoms with E-state index < -0.39 is 0 Å². The molecule has 3 rings (SSSR count). The molecule has 0 unspecified atom stereocenters. The fourth-order valence-corrected chi connectivity index (χ4v) is 2.14. The number of nitrogens with two attached hydrogens (primary N) is 2. The van der Waals surface area contributed by atoms with Gasteiger partial charge in [0, 0.05) is 11.1 Å². The Morgan fingerprint density at radius 1 is 0.826 bits per heavy atom. The van der Waals surface area contributed by atoms with Crippen molar-refractivity contribution in [3.05, 3.63) is 66.6 Å². The number of oxime groups is 1. The third kappa shape index (κ3) is 2.82. The lowest BCUT2D eigenvalue weighted by molar-refractivity contribution is 0.317. The van der Waals surface area contributed by atoms with Crippen LogP contribution >= 0.6 is 0 Å². The Labute approximate surface area is 132 Å². The Morgan fingerprint density at radius 2 is 1.30 bits per heavy atom. The molecule has 3 aromatic rings. The van der Waals surface area contributed by atoms with Gasteiger partial charge in [-0.1, -0.05) is 36.0 Å². The first-order valence-corrected chi connectivity index (χ1v) is 6.81. The van der Waals surface area contributed by atoms with Crippen molar-refractivity contribution < 1.29 is 14.0 Å². The van der Waals surface area contributed by atoms with Gasteiger partial charge < -0.3 is 25.5 Å². The molecule has 0 aliphatic carbocycles. The number of nitrogens with zero attached hydrogens (tertiary/aromatic N) is 1. The lowest BCUT2D eigenvalue weighted by Crippen LogP contribution is -2.11. The zero-order chi connectivity index (χ0) is 16.4. The Bertz CT molecular complexity index is 873. The summed E-state index contributed by atoms with van der Waals surface area (Å²) in [4.78, 5) is 0. The van der Waals surface area contributed by atoms with Gasteiger partial charge in [-0.3, -0.25) is 0 Å². The molecule has 116 valence electrons. The third-order valence-electron chi connectivity index (χ3n) is 3.34. The summed E-state index contributed by atoms with van der Waals surface area (Å²) in [6, 6.07) is 14.6. The van der Waals surface area contributed by atoms with Crippen molar-refractivity contribution in [1.29, 1.82) is 0 Å². The second-order valence-corrected chi connectivity index (χ2v) is 4.92. The first kappa shape index (κ1) is 14.5. The number of benzene rings is 1. The van der Waals surface area contributed by atoms with Crippen molar-refractivity contribution in [2.24, 2.45) is 16.6 Å². The molecule has 0 atom stereocenters. The number of hydrogen-bond acceptors (Lipinski definition) is 5. The molecule has 6 heteroatoms. The van der Waals surface area contributed by atoms with Crippen LogP contribution < -0.4 is 11.5 Å². The van der Waals surface area contributed by atoms with Crippen molar-refractivity contribution in [2.45, 2.75) is 0 Å². The Balaban J connectivity index is 1.86. The summed E-state index contributed by atoms with van der Waals surface area (Å²) in [6.07, 6.45) is 0. The monoisotopic (exact) mass is 309 g/mol. The smallest absolute Gasteiger partial charge is 0.205 e. The SMILES string of the molecule is C=C(N)c1ccc(-c2ccc(-c3ccc(/C(N)=N\O)o3)cc2)o1. The fourth-order valence-electron chi connectivity index (χ4n) is 2.14. The Hall–Kier alpha value is -3.41. The van der Waals surface area contributed by atoms with Gasteiger partial charge >= 0.3 is 0 Å². The maximum Gasteiger partial charge on any atom is 0.205 e. The second kappa shape index (κ2) is 5.76. The largest absolute Gasteiger partial charge is 0.455 e. The van der Waals surface area contributed by atoms with E-state index in [0.717, 1.165) is 11.1 Å². The standard InChI is InChI=1S/C17H15N3O3/c1-10(18)13-6-7-14(22-13)11-2-4-12(5-3-11)15-8-9-16(23-15)17(19)20-21/h2-9,21H,1,18H2,(H2,19,20). The van der Waals surface area contributed by atoms with Crippen molar-refractivity contribution in [2.75, 3.05) is 0 Å². The minimum atomic E-state index is -0.0713. The summed E-state index contributed by atoms with van der Waals surface area (Å²) < 4.78 is 11.2. The minimum Gasteiger partial charge on any atom is -0.455 e. The number of furan rings is 2. The molecule has 0 aliphatic rings. The van der Waals surface area contributed by atoms with Crippen LogP contribution in [0.25, 0.3) is 28.3 Å². The molecule has 0 saturated carbocycles. The van der Waals surface area contributed by atoms with Crippen molar-refractivity contribution in [1.82, 2.24) is 0 Å². The van der Waals surface area contributed by atoms with Crippen LogP contribution in [0, 0.1) is 0 Å². The number of amidine groups is 1. The summed E-state index contributed by atoms with van der Waals surface area (Å²) >= 11 is 0. The highest BCUT2D eigenvalue weighted by Gasteiger charge is 2.10. The van der Waals surface area contributed by atoms with Gasteiger partial charge in [0.25, 0.3) is 0 Å². The van der Waals surface area contributed by atoms with Crippen molar-refractivity contribution >= 4 is 11.5 Å². The highest BCUT2D eigenvalue weighted by atomic mass is 16.4. The van der Waals surface area contributed by atoms with E-state index in [1.807, 2.05) is 30.3 Å². The van der Waals surface area contributed by atoms with E-state index in [-0.39, 0.29) is 5.84 Å². The Morgan fingerprint density at radius 3 is 1.74 bits per heavy atom. The lowest BCUT2D eigenvalue weighted by Gasteiger charge is -2.01. The van der Waals surface area contributed by atoms with E-state index in [4.69, 9.17) is 25.5 Å². The van der Waals surface area contributed by atoms with Crippen LogP contribution in [0.5, 0.6) is 0 Å². The zero-order valence-corrected chi connectivity index (χ0v) is 12.2. The topological polar surface area (TPSA) is 111 Å². The van der Waals surface area contributed by atoms with Crippen LogP contribution in [-0.4, -0.2) is 11.0 Å². The van der Waals surface area contributed by atoms with Gasteiger partial charge in [-0.05, 0) is 24.3 Å². The summed E-state index contributed by atoms with van der Waals surface area (Å²) in [5.41, 5.74) is 13.3. The summed E-state index contributed by atoms with van der Waals surface area (Å²) in [6.45, 7) is 3.64. The second-order valence-electron chi connectivity index (χ2n) is 4.92. The molecule has 0 spiro atoms. The maximum absolute atomic E-state index is 8.65. The van der Waals surface area contributed by atoms with E-state index in [1.54, 1.807) is 18.2 Å². The summed E-state index contributed by atoms with van der Waals surface area (Å²) in [7, 11) is 0. The predicted molar refractivity (Wildman–Crippen MR) is 87.6 cm³/mol.